The smallest absolute Gasteiger partial charge is 0.350 e. The normalized spacial score (nSPS) is 21.9. The minimum atomic E-state index is -2.70. The van der Waals surface area contributed by atoms with Crippen LogP contribution in [0.4, 0.5) is 0 Å². The standard InChI is InChI=1S/C25H48O7Si4/c1-33(2,17-11-15-26-19-23-21-28-23)30-35(5,6)32-36(7,25-13-9-8-10-14-25)31-34(3,4)18-12-16-27-20-24-22-29-24/h8-10,13-14,23-24H,11-12,15-22H2,1-7H3. The van der Waals surface area contributed by atoms with E-state index in [1.165, 1.54) is 5.19 Å². The zero-order valence-corrected chi connectivity index (χ0v) is 27.5. The molecule has 0 spiro atoms. The Morgan fingerprint density at radius 2 is 1.17 bits per heavy atom. The zero-order valence-electron chi connectivity index (χ0n) is 23.5. The molecular weight excluding hydrogens is 525 g/mol. The van der Waals surface area contributed by atoms with Gasteiger partial charge in [-0.15, -0.1) is 0 Å². The van der Waals surface area contributed by atoms with Crippen molar-refractivity contribution >= 4 is 38.9 Å². The lowest BCUT2D eigenvalue weighted by Crippen LogP contribution is -2.63. The molecular formula is C25H48O7Si4. The molecule has 7 nitrogen and oxygen atoms in total. The van der Waals surface area contributed by atoms with Crippen molar-refractivity contribution in [3.63, 3.8) is 0 Å². The average molecular weight is 573 g/mol. The Hall–Kier alpha value is -0.192. The molecule has 2 fully saturated rings. The van der Waals surface area contributed by atoms with E-state index in [9.17, 15) is 0 Å². The Morgan fingerprint density at radius 3 is 1.64 bits per heavy atom. The highest BCUT2D eigenvalue weighted by atomic mass is 28.5. The summed E-state index contributed by atoms with van der Waals surface area (Å²) in [6, 6.07) is 12.6. The number of ether oxygens (including phenoxy) is 4. The predicted molar refractivity (Wildman–Crippen MR) is 153 cm³/mol. The summed E-state index contributed by atoms with van der Waals surface area (Å²) in [7, 11) is -9.08. The van der Waals surface area contributed by atoms with Gasteiger partial charge in [-0.1, -0.05) is 30.3 Å². The van der Waals surface area contributed by atoms with Gasteiger partial charge in [0.15, 0.2) is 16.6 Å². The third kappa shape index (κ3) is 11.7. The van der Waals surface area contributed by atoms with Crippen LogP contribution in [-0.2, 0) is 31.3 Å². The number of hydrogen-bond donors (Lipinski definition) is 0. The summed E-state index contributed by atoms with van der Waals surface area (Å²) in [5, 5.41) is 1.17. The summed E-state index contributed by atoms with van der Waals surface area (Å²) in [5.74, 6) is 0. The third-order valence-electron chi connectivity index (χ3n) is 6.28. The maximum atomic E-state index is 7.06. The molecule has 0 amide bonds. The highest BCUT2D eigenvalue weighted by Crippen LogP contribution is 2.28. The van der Waals surface area contributed by atoms with E-state index in [1.807, 2.05) is 6.07 Å². The summed E-state index contributed by atoms with van der Waals surface area (Å²) >= 11 is 0. The van der Waals surface area contributed by atoms with Gasteiger partial charge >= 0.3 is 17.1 Å². The summed E-state index contributed by atoms with van der Waals surface area (Å²) in [6.07, 6.45) is 2.65. The summed E-state index contributed by atoms with van der Waals surface area (Å²) in [6.45, 7) is 20.4. The van der Waals surface area contributed by atoms with Crippen LogP contribution < -0.4 is 5.19 Å². The monoisotopic (exact) mass is 572 g/mol. The molecule has 11 heteroatoms. The first kappa shape index (κ1) is 30.4. The fraction of sp³-hybridized carbons (Fsp3) is 0.760. The van der Waals surface area contributed by atoms with Gasteiger partial charge in [0.1, 0.15) is 12.2 Å². The quantitative estimate of drug-likeness (QED) is 0.135. The minimum absolute atomic E-state index is 0.318. The maximum Gasteiger partial charge on any atom is 0.350 e. The molecule has 3 atom stereocenters. The van der Waals surface area contributed by atoms with E-state index in [0.717, 1.165) is 51.4 Å². The maximum absolute atomic E-state index is 7.06. The van der Waals surface area contributed by atoms with Crippen LogP contribution in [-0.4, -0.2) is 85.6 Å². The Labute approximate surface area is 222 Å². The molecule has 3 unspecified atom stereocenters. The van der Waals surface area contributed by atoms with Crippen LogP contribution in [0.15, 0.2) is 30.3 Å². The molecule has 3 rings (SSSR count). The fourth-order valence-electron chi connectivity index (χ4n) is 4.62. The van der Waals surface area contributed by atoms with Crippen LogP contribution in [0.3, 0.4) is 0 Å². The van der Waals surface area contributed by atoms with Crippen molar-refractivity contribution in [1.82, 2.24) is 0 Å². The van der Waals surface area contributed by atoms with Gasteiger partial charge in [-0.25, -0.2) is 0 Å². The van der Waals surface area contributed by atoms with Crippen LogP contribution in [0, 0.1) is 0 Å². The molecule has 0 bridgehead atoms. The lowest BCUT2D eigenvalue weighted by atomic mass is 10.4. The van der Waals surface area contributed by atoms with Crippen LogP contribution in [0.1, 0.15) is 12.8 Å². The number of benzene rings is 1. The van der Waals surface area contributed by atoms with E-state index < -0.39 is 33.8 Å². The van der Waals surface area contributed by atoms with Gasteiger partial charge < -0.3 is 31.3 Å². The van der Waals surface area contributed by atoms with E-state index in [-0.39, 0.29) is 0 Å². The van der Waals surface area contributed by atoms with E-state index in [4.69, 9.17) is 31.3 Å². The Kier molecular flexibility index (Phi) is 11.2. The second kappa shape index (κ2) is 13.2. The van der Waals surface area contributed by atoms with Gasteiger partial charge in [-0.2, -0.15) is 0 Å². The molecule has 1 aromatic carbocycles. The molecule has 2 saturated heterocycles. The van der Waals surface area contributed by atoms with Gasteiger partial charge in [-0.05, 0) is 75.9 Å². The van der Waals surface area contributed by atoms with Crippen molar-refractivity contribution < 1.29 is 31.3 Å². The summed E-state index contributed by atoms with van der Waals surface area (Å²) in [4.78, 5) is 0. The number of rotatable bonds is 19. The molecule has 2 aliphatic rings. The molecule has 36 heavy (non-hydrogen) atoms. The third-order valence-corrected chi connectivity index (χ3v) is 22.2. The van der Waals surface area contributed by atoms with E-state index >= 15 is 0 Å². The topological polar surface area (TPSA) is 71.2 Å². The van der Waals surface area contributed by atoms with E-state index in [0.29, 0.717) is 25.4 Å². The van der Waals surface area contributed by atoms with Crippen molar-refractivity contribution in [3.05, 3.63) is 30.3 Å². The van der Waals surface area contributed by atoms with Crippen LogP contribution >= 0.6 is 0 Å². The van der Waals surface area contributed by atoms with Crippen LogP contribution in [0.5, 0.6) is 0 Å². The highest BCUT2D eigenvalue weighted by molar-refractivity contribution is 6.95. The lowest BCUT2D eigenvalue weighted by molar-refractivity contribution is 0.116. The van der Waals surface area contributed by atoms with Crippen molar-refractivity contribution in [2.45, 2.75) is 83.0 Å². The largest absolute Gasteiger partial charge is 0.436 e. The van der Waals surface area contributed by atoms with Crippen LogP contribution in [0.2, 0.25) is 57.9 Å². The van der Waals surface area contributed by atoms with Crippen molar-refractivity contribution in [3.8, 4) is 0 Å². The van der Waals surface area contributed by atoms with Gasteiger partial charge in [0.25, 0.3) is 0 Å². The van der Waals surface area contributed by atoms with Crippen molar-refractivity contribution in [2.24, 2.45) is 0 Å². The molecule has 0 aromatic heterocycles. The predicted octanol–water partition coefficient (Wildman–Crippen LogP) is 4.74. The molecule has 206 valence electrons. The molecule has 2 aliphatic heterocycles. The van der Waals surface area contributed by atoms with Crippen LogP contribution in [0.25, 0.3) is 0 Å². The van der Waals surface area contributed by atoms with E-state index in [2.05, 4.69) is 70.1 Å². The molecule has 2 heterocycles. The first-order valence-electron chi connectivity index (χ1n) is 13.4. The van der Waals surface area contributed by atoms with Crippen molar-refractivity contribution in [1.29, 1.82) is 0 Å². The average Bonchev–Trinajstić information content (AvgIpc) is 3.67. The zero-order chi connectivity index (χ0) is 26.3. The Balaban J connectivity index is 1.56. The molecule has 0 N–H and O–H groups in total. The first-order chi connectivity index (χ1) is 16.9. The second-order valence-electron chi connectivity index (χ2n) is 11.8. The molecule has 1 aromatic rings. The van der Waals surface area contributed by atoms with E-state index in [1.54, 1.807) is 0 Å². The molecule has 0 radical (unpaired) electrons. The fourth-order valence-corrected chi connectivity index (χ4v) is 23.5. The number of hydrogen-bond acceptors (Lipinski definition) is 7. The Bertz CT molecular complexity index is 788. The SMILES string of the molecule is C[Si](C)(CCCOCC1CO1)O[Si](C)(C)O[Si](C)(O[Si](C)(C)CCCOCC1CO1)c1ccccc1. The molecule has 0 saturated carbocycles. The van der Waals surface area contributed by atoms with Gasteiger partial charge in [0, 0.05) is 13.2 Å². The van der Waals surface area contributed by atoms with Gasteiger partial charge in [0.2, 0.25) is 0 Å². The first-order valence-corrected chi connectivity index (χ1v) is 24.8. The lowest BCUT2D eigenvalue weighted by Gasteiger charge is -2.42. The number of epoxide rings is 2. The molecule has 0 aliphatic carbocycles. The Morgan fingerprint density at radius 1 is 0.694 bits per heavy atom. The van der Waals surface area contributed by atoms with Gasteiger partial charge in [-0.3, -0.25) is 0 Å². The van der Waals surface area contributed by atoms with Gasteiger partial charge in [0.05, 0.1) is 26.4 Å². The minimum Gasteiger partial charge on any atom is -0.436 e. The van der Waals surface area contributed by atoms with Crippen molar-refractivity contribution in [2.75, 3.05) is 39.6 Å². The second-order valence-corrected chi connectivity index (χ2v) is 27.6. The summed E-state index contributed by atoms with van der Waals surface area (Å²) < 4.78 is 42.9. The highest BCUT2D eigenvalue weighted by Gasteiger charge is 2.47. The summed E-state index contributed by atoms with van der Waals surface area (Å²) in [5.41, 5.74) is 0.